The molecule has 64 heavy (non-hydrogen) atoms. The minimum absolute atomic E-state index is 0.219. The van der Waals surface area contributed by atoms with Gasteiger partial charge in [0.2, 0.25) is 0 Å². The fourth-order valence-corrected chi connectivity index (χ4v) is 10.6. The summed E-state index contributed by atoms with van der Waals surface area (Å²) in [4.78, 5) is 5.27. The molecule has 1 heterocycles. The Hall–Kier alpha value is -7.10. The summed E-state index contributed by atoms with van der Waals surface area (Å²) in [6.45, 7) is 0.530. The van der Waals surface area contributed by atoms with Crippen molar-refractivity contribution >= 4 is 49.8 Å². The molecule has 0 bridgehead atoms. The van der Waals surface area contributed by atoms with Crippen LogP contribution in [-0.4, -0.2) is 18.7 Å². The van der Waals surface area contributed by atoms with Crippen LogP contribution >= 0.6 is 0 Å². The monoisotopic (exact) mass is 830 g/mol. The molecule has 0 saturated carbocycles. The average molecular weight is 831 g/mol. The van der Waals surface area contributed by atoms with E-state index in [0.29, 0.717) is 12.5 Å². The second kappa shape index (κ2) is 17.9. The summed E-state index contributed by atoms with van der Waals surface area (Å²) in [6.07, 6.45) is 27.9. The number of hydrogen-bond acceptors (Lipinski definition) is 3. The Morgan fingerprint density at radius 1 is 0.562 bits per heavy atom. The van der Waals surface area contributed by atoms with E-state index in [1.807, 2.05) is 0 Å². The lowest BCUT2D eigenvalue weighted by Crippen LogP contribution is -2.44. The number of allylic oxidation sites excluding steroid dienone is 9. The molecule has 7 aromatic carbocycles. The highest BCUT2D eigenvalue weighted by Crippen LogP contribution is 2.45. The predicted octanol–water partition coefficient (Wildman–Crippen LogP) is 15.5. The average Bonchev–Trinajstić information content (AvgIpc) is 3.91. The summed E-state index contributed by atoms with van der Waals surface area (Å²) in [5.74, 6) is 1.38. The number of rotatable bonds is 9. The zero-order valence-electron chi connectivity index (χ0n) is 36.4. The molecule has 3 heteroatoms. The van der Waals surface area contributed by atoms with Crippen LogP contribution in [0.5, 0.6) is 5.75 Å². The van der Waals surface area contributed by atoms with E-state index in [4.69, 9.17) is 4.74 Å². The van der Waals surface area contributed by atoms with Gasteiger partial charge in [0.15, 0.2) is 0 Å². The Balaban J connectivity index is 1.02. The lowest BCUT2D eigenvalue weighted by atomic mass is 9.85. The third-order valence-electron chi connectivity index (χ3n) is 13.8. The fraction of sp³-hybridized carbons (Fsp3) is 0.180. The smallest absolute Gasteiger partial charge is 0.128 e. The minimum Gasteiger partial charge on any atom is -0.489 e. The van der Waals surface area contributed by atoms with Gasteiger partial charge in [-0.15, -0.1) is 0 Å². The van der Waals surface area contributed by atoms with E-state index in [-0.39, 0.29) is 12.1 Å². The maximum absolute atomic E-state index is 6.69. The fourth-order valence-electron chi connectivity index (χ4n) is 10.6. The molecule has 314 valence electrons. The molecule has 7 aromatic rings. The van der Waals surface area contributed by atoms with Crippen LogP contribution in [-0.2, 0) is 6.42 Å². The lowest BCUT2D eigenvalue weighted by molar-refractivity contribution is 0.365. The van der Waals surface area contributed by atoms with Gasteiger partial charge in [-0.1, -0.05) is 170 Å². The van der Waals surface area contributed by atoms with Gasteiger partial charge in [0.25, 0.3) is 0 Å². The Morgan fingerprint density at radius 3 is 2.14 bits per heavy atom. The van der Waals surface area contributed by atoms with Gasteiger partial charge in [-0.3, -0.25) is 0 Å². The van der Waals surface area contributed by atoms with E-state index < -0.39 is 0 Å². The summed E-state index contributed by atoms with van der Waals surface area (Å²) in [7, 11) is 0. The molecule has 3 aliphatic carbocycles. The van der Waals surface area contributed by atoms with Gasteiger partial charge in [-0.25, -0.2) is 0 Å². The topological polar surface area (TPSA) is 15.7 Å². The van der Waals surface area contributed by atoms with Crippen molar-refractivity contribution in [3.8, 4) is 5.75 Å². The van der Waals surface area contributed by atoms with E-state index in [2.05, 4.69) is 222 Å². The number of anilines is 3. The highest BCUT2D eigenvalue weighted by Gasteiger charge is 2.30. The van der Waals surface area contributed by atoms with Crippen LogP contribution in [0.15, 0.2) is 218 Å². The summed E-state index contributed by atoms with van der Waals surface area (Å²) in [5, 5.41) is 4.90. The summed E-state index contributed by atoms with van der Waals surface area (Å²) in [6, 6.07) is 58.9. The van der Waals surface area contributed by atoms with E-state index in [1.165, 1.54) is 77.7 Å². The highest BCUT2D eigenvalue weighted by molar-refractivity contribution is 6.03. The third-order valence-corrected chi connectivity index (χ3v) is 13.8. The summed E-state index contributed by atoms with van der Waals surface area (Å²) < 4.78 is 6.69. The minimum atomic E-state index is 0.219. The van der Waals surface area contributed by atoms with Crippen LogP contribution < -0.4 is 14.5 Å². The standard InChI is InChI=1S/C61H54N2O/c1-3-14-44(15-4-1)48-25-32-53(33-26-48)62(54-34-27-49(28-35-54)46-18-7-8-19-46)56-23-11-12-41-64-60-40-39-59(58-24-13-22-52(43-56)61(58)60)63(57-38-31-47-20-9-10-21-51(47)42-57)55-36-29-50(30-37-55)45-16-5-2-6-17-45/h1-18,20-22,24-25,27-29,31-32,34-36,38-40,42,48,53,56H,19,23,26,30,33,37,41,43H2/b12-11-. The Bertz CT molecular complexity index is 2990. The molecular weight excluding hydrogens is 777 g/mol. The van der Waals surface area contributed by atoms with E-state index in [1.54, 1.807) is 0 Å². The Kier molecular flexibility index (Phi) is 11.1. The van der Waals surface area contributed by atoms with Gasteiger partial charge in [0.05, 0.1) is 5.69 Å². The van der Waals surface area contributed by atoms with Gasteiger partial charge in [0, 0.05) is 45.8 Å². The zero-order valence-corrected chi connectivity index (χ0v) is 36.4. The molecule has 11 rings (SSSR count). The van der Waals surface area contributed by atoms with Crippen LogP contribution in [0.1, 0.15) is 66.7 Å². The number of nitrogens with zero attached hydrogens (tertiary/aromatic N) is 2. The maximum Gasteiger partial charge on any atom is 0.128 e. The van der Waals surface area contributed by atoms with Crippen molar-refractivity contribution in [1.29, 1.82) is 0 Å². The molecule has 0 saturated heterocycles. The normalized spacial score (nSPS) is 19.9. The molecule has 0 aromatic heterocycles. The Labute approximate surface area is 378 Å². The first kappa shape index (κ1) is 39.7. The van der Waals surface area contributed by atoms with Gasteiger partial charge in [0.1, 0.15) is 12.4 Å². The van der Waals surface area contributed by atoms with Crippen LogP contribution in [0.25, 0.3) is 32.7 Å². The highest BCUT2D eigenvalue weighted by atomic mass is 16.5. The molecule has 3 nitrogen and oxygen atoms in total. The first-order valence-electron chi connectivity index (χ1n) is 23.3. The molecule has 0 amide bonds. The van der Waals surface area contributed by atoms with Crippen LogP contribution in [0.2, 0.25) is 0 Å². The van der Waals surface area contributed by atoms with Crippen molar-refractivity contribution in [2.24, 2.45) is 0 Å². The maximum atomic E-state index is 6.69. The first-order valence-corrected chi connectivity index (χ1v) is 23.3. The molecule has 4 aliphatic rings. The number of benzene rings is 7. The van der Waals surface area contributed by atoms with Gasteiger partial charge in [-0.2, -0.15) is 0 Å². The van der Waals surface area contributed by atoms with Crippen molar-refractivity contribution in [2.75, 3.05) is 16.4 Å². The zero-order chi connectivity index (χ0) is 42.7. The van der Waals surface area contributed by atoms with E-state index in [0.717, 1.165) is 50.7 Å². The molecule has 0 fully saturated rings. The second-order valence-corrected chi connectivity index (χ2v) is 17.7. The van der Waals surface area contributed by atoms with Gasteiger partial charge >= 0.3 is 0 Å². The molecular formula is C61H54N2O. The SMILES string of the molecule is C1=CCC(c2ccc(N(C3C=CC(c4ccccc4)CC3)C3C/C=C\COc4ccc(N(C5=CC=C(c6ccccc6)CC5)c5ccc6ccccc6c5)c5cccc(c45)C3)cc2)=C1. The molecule has 3 atom stereocenters. The van der Waals surface area contributed by atoms with Gasteiger partial charge in [-0.05, 0) is 132 Å². The van der Waals surface area contributed by atoms with Crippen LogP contribution in [0, 0.1) is 0 Å². The second-order valence-electron chi connectivity index (χ2n) is 17.7. The van der Waals surface area contributed by atoms with Crippen LogP contribution in [0.4, 0.5) is 17.1 Å². The quantitative estimate of drug-likeness (QED) is 0.135. The van der Waals surface area contributed by atoms with Crippen LogP contribution in [0.3, 0.4) is 0 Å². The number of hydrogen-bond donors (Lipinski definition) is 0. The van der Waals surface area contributed by atoms with Crippen molar-refractivity contribution in [1.82, 2.24) is 0 Å². The lowest BCUT2D eigenvalue weighted by Gasteiger charge is -2.41. The largest absolute Gasteiger partial charge is 0.489 e. The third kappa shape index (κ3) is 8.03. The molecule has 0 radical (unpaired) electrons. The predicted molar refractivity (Wildman–Crippen MR) is 271 cm³/mol. The first-order chi connectivity index (χ1) is 31.7. The van der Waals surface area contributed by atoms with E-state index in [9.17, 15) is 0 Å². The number of ether oxygens (including phenoxy) is 1. The van der Waals surface area contributed by atoms with Gasteiger partial charge < -0.3 is 14.5 Å². The van der Waals surface area contributed by atoms with Crippen molar-refractivity contribution < 1.29 is 4.74 Å². The van der Waals surface area contributed by atoms with E-state index >= 15 is 0 Å². The molecule has 1 aliphatic heterocycles. The summed E-state index contributed by atoms with van der Waals surface area (Å²) in [5.41, 5.74) is 13.0. The summed E-state index contributed by atoms with van der Waals surface area (Å²) >= 11 is 0. The molecule has 0 N–H and O–H groups in total. The van der Waals surface area contributed by atoms with Crippen molar-refractivity contribution in [3.63, 3.8) is 0 Å². The van der Waals surface area contributed by atoms with Crippen molar-refractivity contribution in [3.05, 3.63) is 240 Å². The Morgan fingerprint density at radius 2 is 1.36 bits per heavy atom. The molecule has 3 unspecified atom stereocenters. The molecule has 0 spiro atoms. The van der Waals surface area contributed by atoms with Crippen molar-refractivity contribution in [2.45, 2.75) is 62.9 Å². The number of fused-ring (bicyclic) bond motifs is 1.